The van der Waals surface area contributed by atoms with Crippen molar-refractivity contribution in [3.8, 4) is 11.5 Å². The van der Waals surface area contributed by atoms with E-state index in [1.165, 1.54) is 5.56 Å². The Morgan fingerprint density at radius 3 is 2.89 bits per heavy atom. The lowest BCUT2D eigenvalue weighted by Crippen LogP contribution is -2.38. The molecule has 1 aromatic carbocycles. The van der Waals surface area contributed by atoms with Gasteiger partial charge in [0.2, 0.25) is 0 Å². The van der Waals surface area contributed by atoms with Crippen molar-refractivity contribution in [2.75, 3.05) is 13.2 Å². The van der Waals surface area contributed by atoms with E-state index in [-0.39, 0.29) is 6.10 Å². The summed E-state index contributed by atoms with van der Waals surface area (Å²) in [5.41, 5.74) is 1.17. The standard InChI is InChI=1S/C15H16N2O2/c1-2-6-15-14(5-1)18-11-13(19-15)10-17-9-12-4-3-7-16-8-12/h1-8,13,17H,9-11H2. The van der Waals surface area contributed by atoms with Crippen LogP contribution in [0.4, 0.5) is 0 Å². The van der Waals surface area contributed by atoms with Gasteiger partial charge < -0.3 is 14.8 Å². The van der Waals surface area contributed by atoms with Crippen LogP contribution in [-0.2, 0) is 6.54 Å². The molecule has 0 fully saturated rings. The van der Waals surface area contributed by atoms with Crippen LogP contribution in [0.5, 0.6) is 11.5 Å². The van der Waals surface area contributed by atoms with E-state index in [1.807, 2.05) is 42.6 Å². The average Bonchev–Trinajstić information content (AvgIpc) is 2.48. The van der Waals surface area contributed by atoms with Gasteiger partial charge in [0.05, 0.1) is 0 Å². The molecule has 3 rings (SSSR count). The van der Waals surface area contributed by atoms with Gasteiger partial charge in [-0.2, -0.15) is 0 Å². The van der Waals surface area contributed by atoms with Crippen molar-refractivity contribution < 1.29 is 9.47 Å². The normalized spacial score (nSPS) is 17.2. The zero-order valence-corrected chi connectivity index (χ0v) is 10.6. The van der Waals surface area contributed by atoms with E-state index in [4.69, 9.17) is 9.47 Å². The highest BCUT2D eigenvalue weighted by Gasteiger charge is 2.19. The minimum absolute atomic E-state index is 0.0478. The van der Waals surface area contributed by atoms with Crippen molar-refractivity contribution in [2.45, 2.75) is 12.6 Å². The first-order valence-corrected chi connectivity index (χ1v) is 6.40. The summed E-state index contributed by atoms with van der Waals surface area (Å²) in [6, 6.07) is 11.7. The number of pyridine rings is 1. The third-order valence-corrected chi connectivity index (χ3v) is 2.99. The van der Waals surface area contributed by atoms with Crippen LogP contribution in [0.25, 0.3) is 0 Å². The molecule has 0 amide bonds. The summed E-state index contributed by atoms with van der Waals surface area (Å²) in [5, 5.41) is 3.36. The first-order valence-electron chi connectivity index (χ1n) is 6.40. The maximum Gasteiger partial charge on any atom is 0.161 e. The van der Waals surface area contributed by atoms with Gasteiger partial charge in [-0.05, 0) is 23.8 Å². The van der Waals surface area contributed by atoms with E-state index in [1.54, 1.807) is 6.20 Å². The molecule has 1 aliphatic heterocycles. The van der Waals surface area contributed by atoms with Crippen molar-refractivity contribution in [2.24, 2.45) is 0 Å². The number of para-hydroxylation sites is 2. The van der Waals surface area contributed by atoms with Crippen LogP contribution in [0.3, 0.4) is 0 Å². The van der Waals surface area contributed by atoms with Gasteiger partial charge in [-0.15, -0.1) is 0 Å². The molecule has 4 heteroatoms. The molecular formula is C15H16N2O2. The molecular weight excluding hydrogens is 240 g/mol. The molecule has 2 heterocycles. The summed E-state index contributed by atoms with van der Waals surface area (Å²) < 4.78 is 11.5. The fraction of sp³-hybridized carbons (Fsp3) is 0.267. The second kappa shape index (κ2) is 5.71. The fourth-order valence-electron chi connectivity index (χ4n) is 2.04. The number of hydrogen-bond donors (Lipinski definition) is 1. The number of rotatable bonds is 4. The summed E-state index contributed by atoms with van der Waals surface area (Å²) >= 11 is 0. The van der Waals surface area contributed by atoms with Crippen LogP contribution in [-0.4, -0.2) is 24.2 Å². The van der Waals surface area contributed by atoms with E-state index < -0.39 is 0 Å². The highest BCUT2D eigenvalue weighted by atomic mass is 16.6. The van der Waals surface area contributed by atoms with Crippen LogP contribution in [0.1, 0.15) is 5.56 Å². The molecule has 1 atom stereocenters. The maximum atomic E-state index is 5.87. The van der Waals surface area contributed by atoms with Gasteiger partial charge in [0.25, 0.3) is 0 Å². The van der Waals surface area contributed by atoms with Crippen LogP contribution < -0.4 is 14.8 Å². The summed E-state index contributed by atoms with van der Waals surface area (Å²) in [4.78, 5) is 4.08. The van der Waals surface area contributed by atoms with Crippen molar-refractivity contribution in [1.82, 2.24) is 10.3 Å². The summed E-state index contributed by atoms with van der Waals surface area (Å²) in [6.45, 7) is 2.12. The van der Waals surface area contributed by atoms with Gasteiger partial charge in [0.15, 0.2) is 11.5 Å². The predicted molar refractivity (Wildman–Crippen MR) is 72.3 cm³/mol. The Hall–Kier alpha value is -2.07. The Bertz CT molecular complexity index is 531. The molecule has 1 aliphatic rings. The third-order valence-electron chi connectivity index (χ3n) is 2.99. The molecule has 1 aromatic heterocycles. The summed E-state index contributed by atoms with van der Waals surface area (Å²) in [5.74, 6) is 1.65. The number of aromatic nitrogens is 1. The SMILES string of the molecule is c1cncc(CNCC2COc3ccccc3O2)c1. The minimum atomic E-state index is 0.0478. The lowest BCUT2D eigenvalue weighted by Gasteiger charge is -2.26. The van der Waals surface area contributed by atoms with E-state index >= 15 is 0 Å². The molecule has 0 radical (unpaired) electrons. The third kappa shape index (κ3) is 3.03. The summed E-state index contributed by atoms with van der Waals surface area (Å²) in [6.07, 6.45) is 3.69. The molecule has 4 nitrogen and oxygen atoms in total. The molecule has 98 valence electrons. The van der Waals surface area contributed by atoms with Gasteiger partial charge in [0, 0.05) is 25.5 Å². The predicted octanol–water partition coefficient (Wildman–Crippen LogP) is 2.01. The van der Waals surface area contributed by atoms with Crippen molar-refractivity contribution in [3.63, 3.8) is 0 Å². The van der Waals surface area contributed by atoms with Gasteiger partial charge in [-0.1, -0.05) is 18.2 Å². The van der Waals surface area contributed by atoms with E-state index in [9.17, 15) is 0 Å². The molecule has 0 bridgehead atoms. The summed E-state index contributed by atoms with van der Waals surface area (Å²) in [7, 11) is 0. The molecule has 0 saturated carbocycles. The minimum Gasteiger partial charge on any atom is -0.486 e. The smallest absolute Gasteiger partial charge is 0.161 e. The molecule has 19 heavy (non-hydrogen) atoms. The average molecular weight is 256 g/mol. The van der Waals surface area contributed by atoms with Gasteiger partial charge in [0.1, 0.15) is 12.7 Å². The Morgan fingerprint density at radius 1 is 1.16 bits per heavy atom. The van der Waals surface area contributed by atoms with Crippen molar-refractivity contribution >= 4 is 0 Å². The number of nitrogens with zero attached hydrogens (tertiary/aromatic N) is 1. The highest BCUT2D eigenvalue weighted by molar-refractivity contribution is 5.40. The Morgan fingerprint density at radius 2 is 2.05 bits per heavy atom. The number of hydrogen-bond acceptors (Lipinski definition) is 4. The molecule has 1 N–H and O–H groups in total. The van der Waals surface area contributed by atoms with Crippen molar-refractivity contribution in [1.29, 1.82) is 0 Å². The molecule has 0 saturated heterocycles. The van der Waals surface area contributed by atoms with Crippen LogP contribution in [0, 0.1) is 0 Å². The topological polar surface area (TPSA) is 43.4 Å². The molecule has 0 aliphatic carbocycles. The Kier molecular flexibility index (Phi) is 3.61. The van der Waals surface area contributed by atoms with Gasteiger partial charge in [-0.3, -0.25) is 4.98 Å². The van der Waals surface area contributed by atoms with Gasteiger partial charge >= 0.3 is 0 Å². The van der Waals surface area contributed by atoms with Crippen LogP contribution in [0.15, 0.2) is 48.8 Å². The van der Waals surface area contributed by atoms with Crippen molar-refractivity contribution in [3.05, 3.63) is 54.4 Å². The fourth-order valence-corrected chi connectivity index (χ4v) is 2.04. The number of benzene rings is 1. The van der Waals surface area contributed by atoms with Crippen LogP contribution in [0.2, 0.25) is 0 Å². The number of nitrogens with one attached hydrogen (secondary N) is 1. The number of fused-ring (bicyclic) bond motifs is 1. The molecule has 1 unspecified atom stereocenters. The monoisotopic (exact) mass is 256 g/mol. The van der Waals surface area contributed by atoms with Gasteiger partial charge in [-0.25, -0.2) is 0 Å². The lowest BCUT2D eigenvalue weighted by molar-refractivity contribution is 0.0902. The van der Waals surface area contributed by atoms with E-state index in [2.05, 4.69) is 10.3 Å². The van der Waals surface area contributed by atoms with E-state index in [0.29, 0.717) is 6.61 Å². The molecule has 2 aromatic rings. The lowest BCUT2D eigenvalue weighted by atomic mass is 10.2. The van der Waals surface area contributed by atoms with Crippen LogP contribution >= 0.6 is 0 Å². The second-order valence-electron chi connectivity index (χ2n) is 4.49. The zero-order valence-electron chi connectivity index (χ0n) is 10.6. The Labute approximate surface area is 112 Å². The van der Waals surface area contributed by atoms with E-state index in [0.717, 1.165) is 24.6 Å². The highest BCUT2D eigenvalue weighted by Crippen LogP contribution is 2.30. The quantitative estimate of drug-likeness (QED) is 0.908. The first kappa shape index (κ1) is 12.0. The Balaban J connectivity index is 1.50. The zero-order chi connectivity index (χ0) is 12.9. The second-order valence-corrected chi connectivity index (χ2v) is 4.49. The largest absolute Gasteiger partial charge is 0.486 e. The first-order chi connectivity index (χ1) is 9.42. The number of ether oxygens (including phenoxy) is 2. The molecule has 0 spiro atoms. The maximum absolute atomic E-state index is 5.87.